The van der Waals surface area contributed by atoms with Gasteiger partial charge in [-0.3, -0.25) is 0 Å². The highest BCUT2D eigenvalue weighted by molar-refractivity contribution is 8.12. The van der Waals surface area contributed by atoms with Crippen LogP contribution >= 0.6 is 11.8 Å². The molecule has 0 spiro atoms. The predicted octanol–water partition coefficient (Wildman–Crippen LogP) is 5.75. The summed E-state index contributed by atoms with van der Waals surface area (Å²) >= 11 is 1.38. The number of para-hydroxylation sites is 2. The number of aryl methyl sites for hydroxylation is 2. The van der Waals surface area contributed by atoms with E-state index in [9.17, 15) is 22.5 Å². The zero-order valence-electron chi connectivity index (χ0n) is 19.5. The van der Waals surface area contributed by atoms with Crippen molar-refractivity contribution in [1.82, 2.24) is 4.72 Å². The number of ether oxygens (including phenoxy) is 1. The highest BCUT2D eigenvalue weighted by Crippen LogP contribution is 2.45. The van der Waals surface area contributed by atoms with Crippen LogP contribution < -0.4 is 14.4 Å². The van der Waals surface area contributed by atoms with Crippen LogP contribution in [0.15, 0.2) is 88.0 Å². The first kappa shape index (κ1) is 25.7. The molecule has 1 unspecified atom stereocenters. The smallest absolute Gasteiger partial charge is 0.406 e. The van der Waals surface area contributed by atoms with Gasteiger partial charge in [-0.05, 0) is 65.8 Å². The van der Waals surface area contributed by atoms with Crippen LogP contribution in [0.3, 0.4) is 0 Å². The van der Waals surface area contributed by atoms with Crippen molar-refractivity contribution in [2.24, 2.45) is 0 Å². The number of fused-ring (bicyclic) bond motifs is 2. The van der Waals surface area contributed by atoms with Crippen LogP contribution in [0.2, 0.25) is 0 Å². The van der Waals surface area contributed by atoms with Crippen LogP contribution in [0.4, 0.5) is 24.5 Å². The van der Waals surface area contributed by atoms with Gasteiger partial charge >= 0.3 is 6.36 Å². The standard InChI is InChI=1S/C26H24F3N3O3S2/c27-26(28,29)35-20-11-13-21(14-12-20)37(30,34)31-16-25(33,24-15-36-24)17-32-22-7-3-1-5-18(22)9-10-19-6-2-4-8-23(19)32/h1-8,11-15,33H,9-10,16-17H2,(H2,30,31,34)/t25-,37?/m0/s1. The summed E-state index contributed by atoms with van der Waals surface area (Å²) in [7, 11) is -3.63. The van der Waals surface area contributed by atoms with Crippen LogP contribution in [0.1, 0.15) is 11.1 Å². The first-order chi connectivity index (χ1) is 17.5. The molecular weight excluding hydrogens is 523 g/mol. The van der Waals surface area contributed by atoms with E-state index >= 15 is 0 Å². The number of hydrogen-bond donors (Lipinski definition) is 3. The lowest BCUT2D eigenvalue weighted by Gasteiger charge is -2.35. The summed E-state index contributed by atoms with van der Waals surface area (Å²) < 4.78 is 65.4. The molecule has 2 aliphatic heterocycles. The molecule has 5 rings (SSSR count). The van der Waals surface area contributed by atoms with Gasteiger partial charge in [0.1, 0.15) is 21.3 Å². The Balaban J connectivity index is 1.39. The molecule has 0 bridgehead atoms. The van der Waals surface area contributed by atoms with Gasteiger partial charge in [0.25, 0.3) is 0 Å². The zero-order valence-corrected chi connectivity index (χ0v) is 21.1. The number of aliphatic hydroxyl groups is 1. The van der Waals surface area contributed by atoms with Crippen molar-refractivity contribution in [3.63, 3.8) is 0 Å². The van der Waals surface area contributed by atoms with Gasteiger partial charge < -0.3 is 14.7 Å². The molecule has 3 aromatic carbocycles. The summed E-state index contributed by atoms with van der Waals surface area (Å²) in [5, 5.41) is 13.6. The van der Waals surface area contributed by atoms with Crippen molar-refractivity contribution in [3.8, 4) is 5.75 Å². The van der Waals surface area contributed by atoms with Gasteiger partial charge in [-0.15, -0.1) is 13.2 Å². The highest BCUT2D eigenvalue weighted by atomic mass is 32.2. The van der Waals surface area contributed by atoms with Crippen molar-refractivity contribution >= 4 is 33.1 Å². The molecular formula is C26H24F3N3O3S2. The minimum atomic E-state index is -4.85. The molecule has 0 aliphatic carbocycles. The summed E-state index contributed by atoms with van der Waals surface area (Å²) in [6.07, 6.45) is -3.14. The van der Waals surface area contributed by atoms with E-state index in [2.05, 4.69) is 26.5 Å². The quantitative estimate of drug-likeness (QED) is 0.334. The fraction of sp³-hybridized carbons (Fsp3) is 0.231. The normalized spacial score (nSPS) is 17.9. The predicted molar refractivity (Wildman–Crippen MR) is 138 cm³/mol. The molecule has 0 saturated heterocycles. The molecule has 0 fully saturated rings. The molecule has 0 radical (unpaired) electrons. The van der Waals surface area contributed by atoms with E-state index in [1.165, 1.54) is 11.8 Å². The summed E-state index contributed by atoms with van der Waals surface area (Å²) in [6, 6.07) is 20.3. The fourth-order valence-corrected chi connectivity index (χ4v) is 6.17. The Bertz CT molecular complexity index is 1400. The largest absolute Gasteiger partial charge is 0.573 e. The zero-order chi connectivity index (χ0) is 26.3. The maximum atomic E-state index is 13.2. The van der Waals surface area contributed by atoms with Gasteiger partial charge in [-0.1, -0.05) is 48.2 Å². The monoisotopic (exact) mass is 547 g/mol. The summed E-state index contributed by atoms with van der Waals surface area (Å²) in [5.74, 6) is -0.471. The Morgan fingerprint density at radius 3 is 2.03 bits per heavy atom. The van der Waals surface area contributed by atoms with Crippen LogP contribution in [0.5, 0.6) is 5.75 Å². The number of alkyl halides is 3. The van der Waals surface area contributed by atoms with E-state index < -0.39 is 27.6 Å². The minimum absolute atomic E-state index is 0.0210. The molecule has 3 N–H and O–H groups in total. The molecule has 194 valence electrons. The summed E-state index contributed by atoms with van der Waals surface area (Å²) in [5.41, 5.74) is 2.79. The third-order valence-corrected chi connectivity index (χ3v) is 8.64. The molecule has 37 heavy (non-hydrogen) atoms. The average Bonchev–Trinajstić information content (AvgIpc) is 3.72. The molecule has 0 aromatic heterocycles. The van der Waals surface area contributed by atoms with Crippen molar-refractivity contribution in [2.75, 3.05) is 18.0 Å². The lowest BCUT2D eigenvalue weighted by molar-refractivity contribution is -0.274. The lowest BCUT2D eigenvalue weighted by Crippen LogP contribution is -2.49. The lowest BCUT2D eigenvalue weighted by atomic mass is 10.0. The SMILES string of the molecule is N=S(=O)(NC[C@](O)(CN1c2ccccc2CCc2ccccc21)C1=CS1)c1ccc(OC(F)(F)F)cc1. The summed E-state index contributed by atoms with van der Waals surface area (Å²) in [6.45, 7) is -0.0451. The van der Waals surface area contributed by atoms with E-state index in [0.29, 0.717) is 4.91 Å². The number of β-amino-alcohol motifs (C(OH)–C–C–N with tert-alkyl or cyclic N) is 1. The van der Waals surface area contributed by atoms with E-state index in [1.807, 2.05) is 41.8 Å². The van der Waals surface area contributed by atoms with Gasteiger partial charge in [0, 0.05) is 22.8 Å². The molecule has 2 heterocycles. The van der Waals surface area contributed by atoms with Crippen molar-refractivity contribution < 1.29 is 27.2 Å². The van der Waals surface area contributed by atoms with Crippen molar-refractivity contribution in [1.29, 1.82) is 4.78 Å². The Kier molecular flexibility index (Phi) is 6.73. The second-order valence-electron chi connectivity index (χ2n) is 8.87. The summed E-state index contributed by atoms with van der Waals surface area (Å²) in [4.78, 5) is 2.74. The number of thioether (sulfide) groups is 1. The molecule has 0 amide bonds. The molecule has 11 heteroatoms. The number of nitrogens with zero attached hydrogens (tertiary/aromatic N) is 1. The number of rotatable bonds is 8. The number of anilines is 2. The first-order valence-electron chi connectivity index (χ1n) is 11.5. The van der Waals surface area contributed by atoms with Gasteiger partial charge in [0.2, 0.25) is 0 Å². The van der Waals surface area contributed by atoms with E-state index in [0.717, 1.165) is 59.6 Å². The average molecular weight is 548 g/mol. The van der Waals surface area contributed by atoms with Gasteiger partial charge in [-0.2, -0.15) is 0 Å². The minimum Gasteiger partial charge on any atom is -0.406 e. The number of hydrogen-bond acceptors (Lipinski definition) is 6. The van der Waals surface area contributed by atoms with Crippen LogP contribution in [-0.2, 0) is 22.8 Å². The number of halogens is 3. The molecule has 2 atom stereocenters. The maximum absolute atomic E-state index is 13.2. The topological polar surface area (TPSA) is 85.7 Å². The third kappa shape index (κ3) is 5.80. The Labute approximate surface area is 217 Å². The third-order valence-electron chi connectivity index (χ3n) is 6.30. The van der Waals surface area contributed by atoms with E-state index in [-0.39, 0.29) is 18.0 Å². The maximum Gasteiger partial charge on any atom is 0.573 e. The Morgan fingerprint density at radius 2 is 1.51 bits per heavy atom. The molecule has 6 nitrogen and oxygen atoms in total. The second-order valence-corrected chi connectivity index (χ2v) is 11.7. The van der Waals surface area contributed by atoms with Crippen molar-refractivity contribution in [3.05, 3.63) is 94.2 Å². The van der Waals surface area contributed by atoms with E-state index in [1.54, 1.807) is 0 Å². The molecule has 3 aromatic rings. The van der Waals surface area contributed by atoms with Gasteiger partial charge in [0.15, 0.2) is 0 Å². The van der Waals surface area contributed by atoms with E-state index in [4.69, 9.17) is 4.78 Å². The van der Waals surface area contributed by atoms with Gasteiger partial charge in [-0.25, -0.2) is 13.7 Å². The van der Waals surface area contributed by atoms with Crippen LogP contribution in [0, 0.1) is 4.78 Å². The fourth-order valence-electron chi connectivity index (χ4n) is 4.41. The number of nitrogens with one attached hydrogen (secondary N) is 2. The highest BCUT2D eigenvalue weighted by Gasteiger charge is 2.41. The first-order valence-corrected chi connectivity index (χ1v) is 13.9. The second kappa shape index (κ2) is 9.71. The Morgan fingerprint density at radius 1 is 0.973 bits per heavy atom. The van der Waals surface area contributed by atoms with Crippen LogP contribution in [0.25, 0.3) is 0 Å². The van der Waals surface area contributed by atoms with Crippen molar-refractivity contribution in [2.45, 2.75) is 29.7 Å². The molecule has 2 aliphatic rings. The number of benzene rings is 3. The molecule has 0 saturated carbocycles. The Hall–Kier alpha value is -2.99. The van der Waals surface area contributed by atoms with Crippen LogP contribution in [-0.4, -0.2) is 34.4 Å². The van der Waals surface area contributed by atoms with Gasteiger partial charge in [0.05, 0.1) is 11.4 Å².